The van der Waals surface area contributed by atoms with Gasteiger partial charge in [0.15, 0.2) is 5.13 Å². The summed E-state index contributed by atoms with van der Waals surface area (Å²) in [5.74, 6) is -0.280. The monoisotopic (exact) mass is 278 g/mol. The van der Waals surface area contributed by atoms with Crippen molar-refractivity contribution < 1.29 is 4.39 Å². The third-order valence-electron chi connectivity index (χ3n) is 2.47. The number of hydrogen-bond acceptors (Lipinski definition) is 3. The minimum absolute atomic E-state index is 0.280. The SMILES string of the molecule is Fc1ccc2sc(Nc3ccccc3Cl)nc2c1. The summed E-state index contributed by atoms with van der Waals surface area (Å²) in [7, 11) is 0. The number of thiazole rings is 1. The Balaban J connectivity index is 1.98. The van der Waals surface area contributed by atoms with Gasteiger partial charge >= 0.3 is 0 Å². The second kappa shape index (κ2) is 4.55. The highest BCUT2D eigenvalue weighted by Crippen LogP contribution is 2.31. The van der Waals surface area contributed by atoms with E-state index in [-0.39, 0.29) is 5.82 Å². The van der Waals surface area contributed by atoms with E-state index in [4.69, 9.17) is 11.6 Å². The first-order valence-corrected chi connectivity index (χ1v) is 6.49. The maximum atomic E-state index is 13.1. The molecule has 3 rings (SSSR count). The smallest absolute Gasteiger partial charge is 0.188 e. The van der Waals surface area contributed by atoms with Gasteiger partial charge in [0, 0.05) is 6.07 Å². The van der Waals surface area contributed by atoms with Gasteiger partial charge in [0.25, 0.3) is 0 Å². The molecule has 0 aliphatic rings. The summed E-state index contributed by atoms with van der Waals surface area (Å²) < 4.78 is 14.0. The highest BCUT2D eigenvalue weighted by molar-refractivity contribution is 7.22. The Kier molecular flexibility index (Phi) is 2.89. The molecule has 0 atom stereocenters. The predicted octanol–water partition coefficient (Wildman–Crippen LogP) is 4.83. The summed E-state index contributed by atoms with van der Waals surface area (Å²) in [6.07, 6.45) is 0. The van der Waals surface area contributed by atoms with Crippen LogP contribution in [0.1, 0.15) is 0 Å². The Morgan fingerprint density at radius 3 is 2.83 bits per heavy atom. The minimum Gasteiger partial charge on any atom is -0.330 e. The zero-order valence-corrected chi connectivity index (χ0v) is 10.7. The molecule has 0 fully saturated rings. The molecule has 0 spiro atoms. The molecule has 1 N–H and O–H groups in total. The van der Waals surface area contributed by atoms with Gasteiger partial charge in [-0.1, -0.05) is 35.1 Å². The van der Waals surface area contributed by atoms with Crippen LogP contribution in [0.3, 0.4) is 0 Å². The Labute approximate surface area is 112 Å². The molecular formula is C13H8ClFN2S. The van der Waals surface area contributed by atoms with Gasteiger partial charge in [0.2, 0.25) is 0 Å². The highest BCUT2D eigenvalue weighted by atomic mass is 35.5. The summed E-state index contributed by atoms with van der Waals surface area (Å²) in [6.45, 7) is 0. The van der Waals surface area contributed by atoms with Crippen LogP contribution < -0.4 is 5.32 Å². The Morgan fingerprint density at radius 2 is 2.00 bits per heavy atom. The maximum absolute atomic E-state index is 13.1. The van der Waals surface area contributed by atoms with Gasteiger partial charge in [-0.25, -0.2) is 9.37 Å². The zero-order valence-electron chi connectivity index (χ0n) is 9.15. The molecule has 1 heterocycles. The first kappa shape index (κ1) is 11.4. The molecule has 0 unspecified atom stereocenters. The van der Waals surface area contributed by atoms with E-state index in [0.717, 1.165) is 10.4 Å². The zero-order chi connectivity index (χ0) is 12.5. The molecule has 3 aromatic rings. The average Bonchev–Trinajstić information content (AvgIpc) is 2.73. The summed E-state index contributed by atoms with van der Waals surface area (Å²) in [5.41, 5.74) is 1.44. The lowest BCUT2D eigenvalue weighted by Crippen LogP contribution is -1.89. The lowest BCUT2D eigenvalue weighted by atomic mass is 10.3. The molecule has 0 aliphatic carbocycles. The minimum atomic E-state index is -0.280. The van der Waals surface area contributed by atoms with Gasteiger partial charge in [-0.2, -0.15) is 0 Å². The van der Waals surface area contributed by atoms with Crippen molar-refractivity contribution in [3.8, 4) is 0 Å². The molecule has 0 amide bonds. The van der Waals surface area contributed by atoms with E-state index in [1.54, 1.807) is 12.1 Å². The van der Waals surface area contributed by atoms with E-state index in [9.17, 15) is 4.39 Å². The number of fused-ring (bicyclic) bond motifs is 1. The largest absolute Gasteiger partial charge is 0.330 e. The summed E-state index contributed by atoms with van der Waals surface area (Å²) >= 11 is 7.51. The summed E-state index contributed by atoms with van der Waals surface area (Å²) in [5, 5.41) is 4.46. The molecule has 2 nitrogen and oxygen atoms in total. The quantitative estimate of drug-likeness (QED) is 0.726. The fraction of sp³-hybridized carbons (Fsp3) is 0. The molecule has 0 saturated heterocycles. The third kappa shape index (κ3) is 2.17. The number of aromatic nitrogens is 1. The standard InChI is InChI=1S/C13H8ClFN2S/c14-9-3-1-2-4-10(9)16-13-17-11-7-8(15)5-6-12(11)18-13/h1-7H,(H,16,17). The van der Waals surface area contributed by atoms with Crippen LogP contribution in [0.4, 0.5) is 15.2 Å². The van der Waals surface area contributed by atoms with Crippen LogP contribution in [0.2, 0.25) is 5.02 Å². The number of hydrogen-bond donors (Lipinski definition) is 1. The van der Waals surface area contributed by atoms with Crippen molar-refractivity contribution in [1.82, 2.24) is 4.98 Å². The predicted molar refractivity (Wildman–Crippen MR) is 74.3 cm³/mol. The molecule has 5 heteroatoms. The first-order chi connectivity index (χ1) is 8.72. The second-order valence-electron chi connectivity index (χ2n) is 3.74. The van der Waals surface area contributed by atoms with Gasteiger partial charge < -0.3 is 5.32 Å². The van der Waals surface area contributed by atoms with E-state index >= 15 is 0 Å². The van der Waals surface area contributed by atoms with Crippen LogP contribution in [0.5, 0.6) is 0 Å². The van der Waals surface area contributed by atoms with Crippen LogP contribution in [-0.2, 0) is 0 Å². The number of benzene rings is 2. The van der Waals surface area contributed by atoms with Crippen molar-refractivity contribution in [2.45, 2.75) is 0 Å². The topological polar surface area (TPSA) is 24.9 Å². The molecule has 90 valence electrons. The average molecular weight is 279 g/mol. The second-order valence-corrected chi connectivity index (χ2v) is 5.17. The molecule has 1 aromatic heterocycles. The van der Waals surface area contributed by atoms with Gasteiger partial charge in [0.1, 0.15) is 5.82 Å². The fourth-order valence-electron chi connectivity index (χ4n) is 1.63. The normalized spacial score (nSPS) is 10.8. The lowest BCUT2D eigenvalue weighted by molar-refractivity contribution is 0.629. The molecule has 0 radical (unpaired) electrons. The van der Waals surface area contributed by atoms with Crippen molar-refractivity contribution in [3.05, 3.63) is 53.3 Å². The van der Waals surface area contributed by atoms with E-state index in [1.165, 1.54) is 23.5 Å². The number of nitrogens with zero attached hydrogens (tertiary/aromatic N) is 1. The number of anilines is 2. The molecule has 0 saturated carbocycles. The molecule has 0 bridgehead atoms. The highest BCUT2D eigenvalue weighted by Gasteiger charge is 2.06. The Hall–Kier alpha value is -1.65. The number of para-hydroxylation sites is 1. The summed E-state index contributed by atoms with van der Waals surface area (Å²) in [4.78, 5) is 4.32. The number of halogens is 2. The van der Waals surface area contributed by atoms with E-state index in [2.05, 4.69) is 10.3 Å². The van der Waals surface area contributed by atoms with Crippen molar-refractivity contribution in [3.63, 3.8) is 0 Å². The van der Waals surface area contributed by atoms with Gasteiger partial charge in [-0.3, -0.25) is 0 Å². The van der Waals surface area contributed by atoms with Gasteiger partial charge in [-0.15, -0.1) is 0 Å². The first-order valence-electron chi connectivity index (χ1n) is 5.30. The van der Waals surface area contributed by atoms with E-state index in [1.807, 2.05) is 18.2 Å². The third-order valence-corrected chi connectivity index (χ3v) is 3.75. The van der Waals surface area contributed by atoms with Gasteiger partial charge in [0.05, 0.1) is 20.9 Å². The molecule has 0 aliphatic heterocycles. The van der Waals surface area contributed by atoms with Crippen LogP contribution in [0, 0.1) is 5.82 Å². The Bertz CT molecular complexity index is 711. The van der Waals surface area contributed by atoms with Crippen molar-refractivity contribution in [1.29, 1.82) is 0 Å². The summed E-state index contributed by atoms with van der Waals surface area (Å²) in [6, 6.07) is 12.0. The fourth-order valence-corrected chi connectivity index (χ4v) is 2.67. The van der Waals surface area contributed by atoms with Crippen LogP contribution in [0.15, 0.2) is 42.5 Å². The van der Waals surface area contributed by atoms with Crippen LogP contribution >= 0.6 is 22.9 Å². The van der Waals surface area contributed by atoms with Crippen molar-refractivity contribution >= 4 is 44.0 Å². The van der Waals surface area contributed by atoms with E-state index < -0.39 is 0 Å². The number of rotatable bonds is 2. The lowest BCUT2D eigenvalue weighted by Gasteiger charge is -2.03. The Morgan fingerprint density at radius 1 is 1.17 bits per heavy atom. The van der Waals surface area contributed by atoms with E-state index in [0.29, 0.717) is 15.7 Å². The maximum Gasteiger partial charge on any atom is 0.188 e. The van der Waals surface area contributed by atoms with Crippen molar-refractivity contribution in [2.75, 3.05) is 5.32 Å². The molecule has 2 aromatic carbocycles. The van der Waals surface area contributed by atoms with Crippen LogP contribution in [-0.4, -0.2) is 4.98 Å². The molecular weight excluding hydrogens is 271 g/mol. The molecule has 18 heavy (non-hydrogen) atoms. The van der Waals surface area contributed by atoms with Crippen molar-refractivity contribution in [2.24, 2.45) is 0 Å². The number of nitrogens with one attached hydrogen (secondary N) is 1. The van der Waals surface area contributed by atoms with Crippen LogP contribution in [0.25, 0.3) is 10.2 Å². The van der Waals surface area contributed by atoms with Gasteiger partial charge in [-0.05, 0) is 24.3 Å².